The fourth-order valence-corrected chi connectivity index (χ4v) is 1.69. The van der Waals surface area contributed by atoms with Gasteiger partial charge in [0.15, 0.2) is 5.96 Å². The molecule has 1 atom stereocenters. The first kappa shape index (κ1) is 21.5. The van der Waals surface area contributed by atoms with E-state index in [2.05, 4.69) is 39.5 Å². The molecular weight excluding hydrogens is 407 g/mol. The Morgan fingerprint density at radius 3 is 2.43 bits per heavy atom. The van der Waals surface area contributed by atoms with Crippen molar-refractivity contribution in [3.8, 4) is 0 Å². The molecule has 0 aliphatic carbocycles. The van der Waals surface area contributed by atoms with Crippen LogP contribution in [0.2, 0.25) is 0 Å². The van der Waals surface area contributed by atoms with Crippen molar-refractivity contribution < 1.29 is 9.53 Å². The van der Waals surface area contributed by atoms with Gasteiger partial charge in [0.1, 0.15) is 0 Å². The highest BCUT2D eigenvalue weighted by Gasteiger charge is 2.03. The minimum atomic E-state index is -0.474. The average Bonchev–Trinajstić information content (AvgIpc) is 2.53. The van der Waals surface area contributed by atoms with Gasteiger partial charge in [-0.1, -0.05) is 19.1 Å². The molecule has 0 saturated heterocycles. The summed E-state index contributed by atoms with van der Waals surface area (Å²) in [6.07, 6.45) is 0.566. The lowest BCUT2D eigenvalue weighted by atomic mass is 10.2. The monoisotopic (exact) mass is 434 g/mol. The van der Waals surface area contributed by atoms with Crippen LogP contribution in [-0.4, -0.2) is 31.7 Å². The van der Waals surface area contributed by atoms with E-state index in [-0.39, 0.29) is 24.0 Å². The molecule has 1 aromatic rings. The highest BCUT2D eigenvalue weighted by Crippen LogP contribution is 2.10. The Morgan fingerprint density at radius 1 is 1.26 bits per heavy atom. The second-order valence-corrected chi connectivity index (χ2v) is 4.96. The Morgan fingerprint density at radius 2 is 1.91 bits per heavy atom. The van der Waals surface area contributed by atoms with Crippen LogP contribution in [0.5, 0.6) is 0 Å². The maximum Gasteiger partial charge on any atom is 0.411 e. The van der Waals surface area contributed by atoms with Gasteiger partial charge in [0.05, 0.1) is 13.7 Å². The summed E-state index contributed by atoms with van der Waals surface area (Å²) in [6.45, 7) is 7.70. The quantitative estimate of drug-likeness (QED) is 0.365. The van der Waals surface area contributed by atoms with Gasteiger partial charge in [-0.15, -0.1) is 24.0 Å². The first-order valence-corrected chi connectivity index (χ1v) is 7.57. The average molecular weight is 434 g/mol. The van der Waals surface area contributed by atoms with Crippen LogP contribution in [0.3, 0.4) is 0 Å². The molecule has 1 aromatic carbocycles. The van der Waals surface area contributed by atoms with Gasteiger partial charge >= 0.3 is 6.09 Å². The third-order valence-corrected chi connectivity index (χ3v) is 3.15. The molecule has 0 fully saturated rings. The number of halogens is 1. The van der Waals surface area contributed by atoms with E-state index in [1.54, 1.807) is 0 Å². The first-order chi connectivity index (χ1) is 10.6. The number of methoxy groups -OCH3 is 1. The standard InChI is InChI=1S/C16H26N4O2.HI/c1-5-12(3)19-15(17-6-2)18-11-13-7-9-14(10-8-13)20-16(21)22-4;/h7-10,12H,5-6,11H2,1-4H3,(H,20,21)(H2,17,18,19);1H. The maximum absolute atomic E-state index is 11.1. The summed E-state index contributed by atoms with van der Waals surface area (Å²) >= 11 is 0. The highest BCUT2D eigenvalue weighted by atomic mass is 127. The topological polar surface area (TPSA) is 74.8 Å². The van der Waals surface area contributed by atoms with Gasteiger partial charge in [0, 0.05) is 18.3 Å². The molecule has 0 aromatic heterocycles. The number of anilines is 1. The fourth-order valence-electron chi connectivity index (χ4n) is 1.69. The highest BCUT2D eigenvalue weighted by molar-refractivity contribution is 14.0. The number of ether oxygens (including phenoxy) is 1. The zero-order valence-electron chi connectivity index (χ0n) is 14.2. The normalized spacial score (nSPS) is 11.9. The second-order valence-electron chi connectivity index (χ2n) is 4.96. The van der Waals surface area contributed by atoms with Gasteiger partial charge in [0.25, 0.3) is 0 Å². The van der Waals surface area contributed by atoms with Crippen LogP contribution in [0, 0.1) is 0 Å². The summed E-state index contributed by atoms with van der Waals surface area (Å²) in [5.41, 5.74) is 1.76. The van der Waals surface area contributed by atoms with E-state index in [1.165, 1.54) is 7.11 Å². The predicted molar refractivity (Wildman–Crippen MR) is 106 cm³/mol. The van der Waals surface area contributed by atoms with Crippen molar-refractivity contribution in [2.75, 3.05) is 19.0 Å². The third-order valence-electron chi connectivity index (χ3n) is 3.15. The van der Waals surface area contributed by atoms with Crippen molar-refractivity contribution in [1.82, 2.24) is 10.6 Å². The third kappa shape index (κ3) is 8.63. The smallest absolute Gasteiger partial charge is 0.411 e. The van der Waals surface area contributed by atoms with Crippen molar-refractivity contribution in [2.24, 2.45) is 4.99 Å². The lowest BCUT2D eigenvalue weighted by molar-refractivity contribution is 0.187. The Hall–Kier alpha value is -1.51. The number of carbonyl (C=O) groups is 1. The van der Waals surface area contributed by atoms with Crippen molar-refractivity contribution in [1.29, 1.82) is 0 Å². The van der Waals surface area contributed by atoms with E-state index in [0.29, 0.717) is 18.3 Å². The number of guanidine groups is 1. The van der Waals surface area contributed by atoms with Gasteiger partial charge in [-0.3, -0.25) is 5.32 Å². The summed E-state index contributed by atoms with van der Waals surface area (Å²) < 4.78 is 4.55. The number of amides is 1. The van der Waals surface area contributed by atoms with Crippen molar-refractivity contribution in [2.45, 2.75) is 39.8 Å². The van der Waals surface area contributed by atoms with E-state index >= 15 is 0 Å². The van der Waals surface area contributed by atoms with Crippen LogP contribution >= 0.6 is 24.0 Å². The molecule has 1 amide bonds. The molecule has 3 N–H and O–H groups in total. The van der Waals surface area contributed by atoms with Crippen LogP contribution in [0.1, 0.15) is 32.8 Å². The summed E-state index contributed by atoms with van der Waals surface area (Å²) in [5, 5.41) is 9.19. The first-order valence-electron chi connectivity index (χ1n) is 7.57. The minimum Gasteiger partial charge on any atom is -0.453 e. The number of carbonyl (C=O) groups excluding carboxylic acids is 1. The van der Waals surface area contributed by atoms with Gasteiger partial charge in [-0.2, -0.15) is 0 Å². The molecule has 0 aliphatic heterocycles. The van der Waals surface area contributed by atoms with Crippen LogP contribution in [-0.2, 0) is 11.3 Å². The molecule has 7 heteroatoms. The zero-order valence-corrected chi connectivity index (χ0v) is 16.5. The van der Waals surface area contributed by atoms with Crippen LogP contribution in [0.4, 0.5) is 10.5 Å². The molecule has 0 heterocycles. The molecule has 23 heavy (non-hydrogen) atoms. The Bertz CT molecular complexity index is 491. The van der Waals surface area contributed by atoms with Gasteiger partial charge in [0.2, 0.25) is 0 Å². The van der Waals surface area contributed by atoms with E-state index in [0.717, 1.165) is 24.5 Å². The predicted octanol–water partition coefficient (Wildman–Crippen LogP) is 3.34. The molecule has 0 aliphatic rings. The molecule has 1 rings (SSSR count). The number of rotatable bonds is 6. The van der Waals surface area contributed by atoms with Crippen LogP contribution in [0.15, 0.2) is 29.3 Å². The Kier molecular flexibility index (Phi) is 11.2. The minimum absolute atomic E-state index is 0. The molecule has 1 unspecified atom stereocenters. The van der Waals surface area contributed by atoms with E-state index < -0.39 is 6.09 Å². The lowest BCUT2D eigenvalue weighted by Crippen LogP contribution is -2.41. The largest absolute Gasteiger partial charge is 0.453 e. The molecule has 130 valence electrons. The molecule has 0 radical (unpaired) electrons. The Balaban J connectivity index is 0.00000484. The fraction of sp³-hybridized carbons (Fsp3) is 0.500. The van der Waals surface area contributed by atoms with E-state index in [9.17, 15) is 4.79 Å². The summed E-state index contributed by atoms with van der Waals surface area (Å²) in [4.78, 5) is 15.7. The zero-order chi connectivity index (χ0) is 16.4. The van der Waals surface area contributed by atoms with Crippen molar-refractivity contribution in [3.63, 3.8) is 0 Å². The lowest BCUT2D eigenvalue weighted by Gasteiger charge is -2.16. The number of benzene rings is 1. The van der Waals surface area contributed by atoms with E-state index in [4.69, 9.17) is 0 Å². The molecule has 0 spiro atoms. The number of aliphatic imine (C=N–C) groups is 1. The number of nitrogens with zero attached hydrogens (tertiary/aromatic N) is 1. The molecular formula is C16H27IN4O2. The summed E-state index contributed by atoms with van der Waals surface area (Å²) in [7, 11) is 1.34. The number of hydrogen-bond acceptors (Lipinski definition) is 3. The van der Waals surface area contributed by atoms with Crippen LogP contribution in [0.25, 0.3) is 0 Å². The van der Waals surface area contributed by atoms with Gasteiger partial charge < -0.3 is 15.4 Å². The van der Waals surface area contributed by atoms with Crippen molar-refractivity contribution in [3.05, 3.63) is 29.8 Å². The number of nitrogens with one attached hydrogen (secondary N) is 3. The molecule has 6 nitrogen and oxygen atoms in total. The molecule has 0 bridgehead atoms. The number of hydrogen-bond donors (Lipinski definition) is 3. The van der Waals surface area contributed by atoms with Gasteiger partial charge in [-0.05, 0) is 38.0 Å². The SMILES string of the molecule is CCNC(=NCc1ccc(NC(=O)OC)cc1)NC(C)CC.I. The summed E-state index contributed by atoms with van der Waals surface area (Å²) in [5.74, 6) is 0.814. The molecule has 0 saturated carbocycles. The summed E-state index contributed by atoms with van der Waals surface area (Å²) in [6, 6.07) is 7.90. The van der Waals surface area contributed by atoms with Gasteiger partial charge in [-0.25, -0.2) is 9.79 Å². The van der Waals surface area contributed by atoms with Crippen molar-refractivity contribution >= 4 is 41.7 Å². The van der Waals surface area contributed by atoms with Crippen LogP contribution < -0.4 is 16.0 Å². The second kappa shape index (κ2) is 12.0. The maximum atomic E-state index is 11.1. The van der Waals surface area contributed by atoms with E-state index in [1.807, 2.05) is 31.2 Å². The Labute approximate surface area is 155 Å².